The van der Waals surface area contributed by atoms with E-state index in [2.05, 4.69) is 13.2 Å². The Morgan fingerprint density at radius 1 is 1.15 bits per heavy atom. The van der Waals surface area contributed by atoms with Crippen molar-refractivity contribution in [2.75, 3.05) is 31.6 Å². The molecule has 3 fully saturated rings. The zero-order chi connectivity index (χ0) is 34.6. The Morgan fingerprint density at radius 2 is 1.85 bits per heavy atom. The van der Waals surface area contributed by atoms with Gasteiger partial charge in [-0.3, -0.25) is 19.2 Å². The van der Waals surface area contributed by atoms with E-state index in [0.29, 0.717) is 35.5 Å². The molecule has 0 aliphatic carbocycles. The van der Waals surface area contributed by atoms with Crippen molar-refractivity contribution in [1.29, 1.82) is 0 Å². The molecule has 256 valence electrons. The summed E-state index contributed by atoms with van der Waals surface area (Å²) in [4.78, 5) is 60.8. The van der Waals surface area contributed by atoms with Gasteiger partial charge in [-0.25, -0.2) is 0 Å². The van der Waals surface area contributed by atoms with Crippen LogP contribution in [0.4, 0.5) is 5.69 Å². The number of nitrogens with zero attached hydrogens (tertiary/aromatic N) is 3. The van der Waals surface area contributed by atoms with Crippen molar-refractivity contribution >= 4 is 41.0 Å². The zero-order valence-electron chi connectivity index (χ0n) is 27.5. The predicted octanol–water partition coefficient (Wildman–Crippen LogP) is 4.71. The van der Waals surface area contributed by atoms with Gasteiger partial charge >= 0.3 is 5.97 Å². The van der Waals surface area contributed by atoms with E-state index in [4.69, 9.17) is 21.1 Å². The van der Waals surface area contributed by atoms with Crippen LogP contribution in [0.15, 0.2) is 79.9 Å². The Hall–Kier alpha value is -3.99. The average Bonchev–Trinajstić information content (AvgIpc) is 3.74. The summed E-state index contributed by atoms with van der Waals surface area (Å²) in [6.07, 6.45) is 3.77. The lowest BCUT2D eigenvalue weighted by molar-refractivity contribution is -0.164. The van der Waals surface area contributed by atoms with E-state index in [1.54, 1.807) is 53.3 Å². The van der Waals surface area contributed by atoms with Gasteiger partial charge < -0.3 is 29.3 Å². The molecule has 7 atom stereocenters. The molecule has 2 aromatic rings. The van der Waals surface area contributed by atoms with Gasteiger partial charge in [0, 0.05) is 43.9 Å². The van der Waals surface area contributed by atoms with Crippen molar-refractivity contribution in [3.05, 3.63) is 90.5 Å². The number of likely N-dealkylation sites (N-methyl/N-ethyl adjacent to an activating group) is 1. The molecule has 11 heteroatoms. The van der Waals surface area contributed by atoms with E-state index < -0.39 is 47.7 Å². The summed E-state index contributed by atoms with van der Waals surface area (Å²) < 4.78 is 12.9. The average molecular weight is 678 g/mol. The van der Waals surface area contributed by atoms with Crippen molar-refractivity contribution in [1.82, 2.24) is 9.80 Å². The largest absolute Gasteiger partial charge is 0.455 e. The molecule has 2 bridgehead atoms. The van der Waals surface area contributed by atoms with Crippen LogP contribution < -0.4 is 4.90 Å². The van der Waals surface area contributed by atoms with Gasteiger partial charge in [0.25, 0.3) is 5.91 Å². The van der Waals surface area contributed by atoms with Crippen LogP contribution in [0.3, 0.4) is 0 Å². The summed E-state index contributed by atoms with van der Waals surface area (Å²) in [6.45, 7) is 9.47. The highest BCUT2D eigenvalue weighted by atomic mass is 35.5. The van der Waals surface area contributed by atoms with Crippen molar-refractivity contribution in [3.63, 3.8) is 0 Å². The number of hydrogen-bond donors (Lipinski definition) is 1. The quantitative estimate of drug-likeness (QED) is 0.214. The second kappa shape index (κ2) is 15.1. The maximum absolute atomic E-state index is 14.6. The number of aliphatic hydroxyl groups excluding tert-OH is 1. The molecular formula is C37H44ClN3O7. The number of carbonyl (C=O) groups is 4. The standard InChI is InChI=1S/C37H44ClN3O7/c1-5-7-14-29(43)39(4)24(3)32(25-12-9-8-10-13-25)47-36(46)30-28-19-20-37(48-28)31(30)34(44)41(22-11-23-42)33(37)35(45)40(21-6-2)27-17-15-26(38)16-18-27/h5-6,8-10,12-13,15-18,24,28,30-33,42H,1-2,7,11,14,19-23H2,3-4H3/t24-,28+,30-,31-,32+,33+,37-/m1/s1. The third kappa shape index (κ3) is 6.53. The molecule has 1 N–H and O–H groups in total. The highest BCUT2D eigenvalue weighted by Crippen LogP contribution is 2.59. The third-order valence-corrected chi connectivity index (χ3v) is 10.2. The normalized spacial score (nSPS) is 25.2. The van der Waals surface area contributed by atoms with Gasteiger partial charge in [-0.05, 0) is 62.4 Å². The van der Waals surface area contributed by atoms with Crippen LogP contribution in [0.2, 0.25) is 5.02 Å². The number of fused-ring (bicyclic) bond motifs is 1. The molecule has 0 aromatic heterocycles. The summed E-state index contributed by atoms with van der Waals surface area (Å²) in [7, 11) is 1.68. The van der Waals surface area contributed by atoms with E-state index in [-0.39, 0.29) is 50.3 Å². The van der Waals surface area contributed by atoms with Crippen LogP contribution in [0, 0.1) is 11.8 Å². The minimum atomic E-state index is -1.25. The third-order valence-electron chi connectivity index (χ3n) is 9.96. The first-order chi connectivity index (χ1) is 23.1. The number of aliphatic hydroxyl groups is 1. The fourth-order valence-corrected chi connectivity index (χ4v) is 7.65. The molecule has 2 aromatic carbocycles. The molecule has 0 saturated carbocycles. The number of likely N-dealkylation sites (tertiary alicyclic amines) is 1. The minimum Gasteiger partial charge on any atom is -0.455 e. The number of benzene rings is 2. The lowest BCUT2D eigenvalue weighted by Gasteiger charge is -2.37. The molecule has 3 heterocycles. The summed E-state index contributed by atoms with van der Waals surface area (Å²) in [5, 5.41) is 10.2. The second-order valence-corrected chi connectivity index (χ2v) is 13.2. The second-order valence-electron chi connectivity index (χ2n) is 12.7. The summed E-state index contributed by atoms with van der Waals surface area (Å²) in [5.74, 6) is -3.37. The number of esters is 1. The Morgan fingerprint density at radius 3 is 2.50 bits per heavy atom. The first-order valence-electron chi connectivity index (χ1n) is 16.5. The van der Waals surface area contributed by atoms with E-state index in [0.717, 1.165) is 0 Å². The number of anilines is 1. The number of allylic oxidation sites excluding steroid dienone is 1. The molecule has 3 amide bonds. The van der Waals surface area contributed by atoms with E-state index in [9.17, 15) is 24.3 Å². The van der Waals surface area contributed by atoms with Crippen LogP contribution in [-0.2, 0) is 28.7 Å². The highest BCUT2D eigenvalue weighted by molar-refractivity contribution is 6.30. The molecule has 3 saturated heterocycles. The maximum Gasteiger partial charge on any atom is 0.313 e. The summed E-state index contributed by atoms with van der Waals surface area (Å²) in [6, 6.07) is 14.5. The molecular weight excluding hydrogens is 634 g/mol. The molecule has 0 radical (unpaired) electrons. The van der Waals surface area contributed by atoms with Gasteiger partial charge in [0.05, 0.1) is 24.0 Å². The van der Waals surface area contributed by atoms with Gasteiger partial charge in [0.15, 0.2) is 0 Å². The molecule has 3 aliphatic heterocycles. The van der Waals surface area contributed by atoms with E-state index in [1.807, 2.05) is 37.3 Å². The van der Waals surface area contributed by atoms with Crippen molar-refractivity contribution in [2.45, 2.75) is 68.9 Å². The predicted molar refractivity (Wildman–Crippen MR) is 182 cm³/mol. The lowest BCUT2D eigenvalue weighted by atomic mass is 9.70. The Kier molecular flexibility index (Phi) is 11.1. The Labute approximate surface area is 286 Å². The SMILES string of the molecule is C=CCCC(=O)N(C)[C@H](C)[C@H](OC(=O)[C@@H]1[C@@H]2CC[C@]3(O2)[C@H](C(=O)N(CC=C)c2ccc(Cl)cc2)N(CCCO)C(=O)[C@@H]13)c1ccccc1. The van der Waals surface area contributed by atoms with E-state index >= 15 is 0 Å². The van der Waals surface area contributed by atoms with Crippen LogP contribution in [0.1, 0.15) is 50.7 Å². The van der Waals surface area contributed by atoms with Crippen LogP contribution >= 0.6 is 11.6 Å². The number of halogens is 1. The molecule has 48 heavy (non-hydrogen) atoms. The lowest BCUT2D eigenvalue weighted by Crippen LogP contribution is -2.56. The fourth-order valence-electron chi connectivity index (χ4n) is 7.53. The molecule has 3 aliphatic rings. The smallest absolute Gasteiger partial charge is 0.313 e. The zero-order valence-corrected chi connectivity index (χ0v) is 28.3. The summed E-state index contributed by atoms with van der Waals surface area (Å²) >= 11 is 6.13. The number of amides is 3. The Balaban J connectivity index is 1.48. The van der Waals surface area contributed by atoms with Crippen LogP contribution in [-0.4, -0.2) is 89.1 Å². The topological polar surface area (TPSA) is 117 Å². The Bertz CT molecular complexity index is 1520. The molecule has 10 nitrogen and oxygen atoms in total. The first-order valence-corrected chi connectivity index (χ1v) is 16.9. The van der Waals surface area contributed by atoms with Gasteiger partial charge in [0.1, 0.15) is 17.7 Å². The number of rotatable bonds is 15. The van der Waals surface area contributed by atoms with Crippen molar-refractivity contribution < 1.29 is 33.8 Å². The minimum absolute atomic E-state index is 0.113. The van der Waals surface area contributed by atoms with Crippen LogP contribution in [0.5, 0.6) is 0 Å². The number of carbonyl (C=O) groups excluding carboxylic acids is 4. The number of hydrogen-bond acceptors (Lipinski definition) is 7. The van der Waals surface area contributed by atoms with Gasteiger partial charge in [-0.15, -0.1) is 13.2 Å². The van der Waals surface area contributed by atoms with Gasteiger partial charge in [0.2, 0.25) is 11.8 Å². The van der Waals surface area contributed by atoms with Crippen molar-refractivity contribution in [3.8, 4) is 0 Å². The molecule has 0 unspecified atom stereocenters. The van der Waals surface area contributed by atoms with Crippen LogP contribution in [0.25, 0.3) is 0 Å². The monoisotopic (exact) mass is 677 g/mol. The highest BCUT2D eigenvalue weighted by Gasteiger charge is 2.75. The van der Waals surface area contributed by atoms with Gasteiger partial charge in [-0.1, -0.05) is 54.1 Å². The first kappa shape index (κ1) is 35.3. The number of ether oxygens (including phenoxy) is 2. The summed E-state index contributed by atoms with van der Waals surface area (Å²) in [5.41, 5.74) is 0.0300. The maximum atomic E-state index is 14.6. The fraction of sp³-hybridized carbons (Fsp3) is 0.459. The van der Waals surface area contributed by atoms with E-state index in [1.165, 1.54) is 4.90 Å². The molecule has 1 spiro atoms. The van der Waals surface area contributed by atoms with Gasteiger partial charge in [-0.2, -0.15) is 0 Å². The van der Waals surface area contributed by atoms with Crippen molar-refractivity contribution in [2.24, 2.45) is 11.8 Å². The molecule has 5 rings (SSSR count).